The van der Waals surface area contributed by atoms with Gasteiger partial charge in [-0.15, -0.1) is 11.3 Å². The molecule has 0 bridgehead atoms. The summed E-state index contributed by atoms with van der Waals surface area (Å²) in [6, 6.07) is 6.88. The average Bonchev–Trinajstić information content (AvgIpc) is 3.01. The number of ketones is 1. The number of rotatable bonds is 3. The Bertz CT molecular complexity index is 1110. The van der Waals surface area contributed by atoms with E-state index in [9.17, 15) is 19.2 Å². The maximum atomic E-state index is 13.1. The van der Waals surface area contributed by atoms with Gasteiger partial charge in [-0.25, -0.2) is 9.37 Å². The molecule has 1 aliphatic carbocycles. The van der Waals surface area contributed by atoms with Crippen molar-refractivity contribution in [3.63, 3.8) is 0 Å². The molecule has 0 aliphatic heterocycles. The van der Waals surface area contributed by atoms with Crippen LogP contribution in [0.3, 0.4) is 0 Å². The van der Waals surface area contributed by atoms with E-state index in [-0.39, 0.29) is 16.9 Å². The number of H-pyrrole nitrogens is 1. The lowest BCUT2D eigenvalue weighted by Crippen LogP contribution is -2.20. The van der Waals surface area contributed by atoms with Crippen LogP contribution in [0.5, 0.6) is 0 Å². The number of aromatic nitrogens is 2. The normalized spacial score (nSPS) is 14.6. The number of nitrogens with zero attached hydrogens (tertiary/aromatic N) is 2. The van der Waals surface area contributed by atoms with E-state index in [4.69, 9.17) is 0 Å². The van der Waals surface area contributed by atoms with Gasteiger partial charge in [-0.1, -0.05) is 0 Å². The van der Waals surface area contributed by atoms with Gasteiger partial charge < -0.3 is 4.98 Å². The van der Waals surface area contributed by atoms with Crippen LogP contribution in [0.2, 0.25) is 0 Å². The number of halogens is 1. The van der Waals surface area contributed by atoms with Crippen molar-refractivity contribution < 1.29 is 9.18 Å². The van der Waals surface area contributed by atoms with Crippen molar-refractivity contribution in [2.45, 2.75) is 31.6 Å². The Labute approximate surface area is 152 Å². The Hall–Kier alpha value is -2.85. The molecule has 0 radical (unpaired) electrons. The minimum atomic E-state index is -1.24. The van der Waals surface area contributed by atoms with Gasteiger partial charge in [0.1, 0.15) is 16.5 Å². The first kappa shape index (κ1) is 16.6. The topological polar surface area (TPSA) is 86.6 Å². The molecular formula is C19H14FN3O2S. The van der Waals surface area contributed by atoms with Crippen LogP contribution in [-0.2, 0) is 12.8 Å². The van der Waals surface area contributed by atoms with Gasteiger partial charge in [0.05, 0.1) is 11.5 Å². The number of Topliss-reactive ketones (excluding diaryl/α,β-unsaturated/α-hetero) is 1. The van der Waals surface area contributed by atoms with Crippen molar-refractivity contribution >= 4 is 27.3 Å². The number of benzene rings is 1. The minimum absolute atomic E-state index is 0.0397. The van der Waals surface area contributed by atoms with Crippen molar-refractivity contribution in [2.75, 3.05) is 0 Å². The third-order valence-electron chi connectivity index (χ3n) is 4.64. The van der Waals surface area contributed by atoms with E-state index in [0.717, 1.165) is 43.4 Å². The van der Waals surface area contributed by atoms with E-state index in [1.165, 1.54) is 28.3 Å². The van der Waals surface area contributed by atoms with Crippen molar-refractivity contribution in [3.8, 4) is 6.07 Å². The fraction of sp³-hybridized carbons (Fsp3) is 0.263. The first-order chi connectivity index (χ1) is 12.6. The number of hydrogen-bond acceptors (Lipinski definition) is 5. The first-order valence-electron chi connectivity index (χ1n) is 8.32. The molecule has 0 saturated heterocycles. The molecule has 1 unspecified atom stereocenters. The zero-order valence-electron chi connectivity index (χ0n) is 13.7. The van der Waals surface area contributed by atoms with Gasteiger partial charge in [0.25, 0.3) is 5.56 Å². The Morgan fingerprint density at radius 3 is 2.73 bits per heavy atom. The van der Waals surface area contributed by atoms with Gasteiger partial charge in [-0.3, -0.25) is 9.59 Å². The van der Waals surface area contributed by atoms with Gasteiger partial charge in [-0.2, -0.15) is 5.26 Å². The van der Waals surface area contributed by atoms with Crippen LogP contribution in [0.15, 0.2) is 29.1 Å². The largest absolute Gasteiger partial charge is 0.308 e. The molecule has 0 amide bonds. The highest BCUT2D eigenvalue weighted by molar-refractivity contribution is 7.18. The number of carbonyl (C=O) groups excluding carboxylic acids is 1. The van der Waals surface area contributed by atoms with Crippen LogP contribution in [0.1, 0.15) is 45.4 Å². The first-order valence-corrected chi connectivity index (χ1v) is 9.14. The number of fused-ring (bicyclic) bond motifs is 3. The second-order valence-electron chi connectivity index (χ2n) is 6.28. The lowest BCUT2D eigenvalue weighted by atomic mass is 9.96. The van der Waals surface area contributed by atoms with Crippen molar-refractivity contribution in [2.24, 2.45) is 0 Å². The molecule has 1 N–H and O–H groups in total. The van der Waals surface area contributed by atoms with Crippen LogP contribution in [0, 0.1) is 17.1 Å². The molecule has 5 nitrogen and oxygen atoms in total. The highest BCUT2D eigenvalue weighted by Crippen LogP contribution is 2.34. The SMILES string of the molecule is N#CC(C(=O)c1ccc(F)cc1)c1nc2sc3c(c2c(=O)[nH]1)CCCC3. The zero-order chi connectivity index (χ0) is 18.3. The molecule has 130 valence electrons. The highest BCUT2D eigenvalue weighted by Gasteiger charge is 2.27. The number of carbonyl (C=O) groups is 1. The molecular weight excluding hydrogens is 353 g/mol. The van der Waals surface area contributed by atoms with Crippen LogP contribution >= 0.6 is 11.3 Å². The average molecular weight is 367 g/mol. The van der Waals surface area contributed by atoms with Crippen molar-refractivity contribution in [1.82, 2.24) is 9.97 Å². The van der Waals surface area contributed by atoms with Crippen molar-refractivity contribution in [1.29, 1.82) is 5.26 Å². The highest BCUT2D eigenvalue weighted by atomic mass is 32.1. The molecule has 7 heteroatoms. The lowest BCUT2D eigenvalue weighted by Gasteiger charge is -2.10. The summed E-state index contributed by atoms with van der Waals surface area (Å²) in [5.74, 6) is -2.18. The monoisotopic (exact) mass is 367 g/mol. The Morgan fingerprint density at radius 2 is 2.00 bits per heavy atom. The fourth-order valence-electron chi connectivity index (χ4n) is 3.34. The molecule has 3 aromatic rings. The summed E-state index contributed by atoms with van der Waals surface area (Å²) in [7, 11) is 0. The molecule has 4 rings (SSSR count). The third-order valence-corrected chi connectivity index (χ3v) is 5.82. The van der Waals surface area contributed by atoms with E-state index in [0.29, 0.717) is 10.2 Å². The summed E-state index contributed by atoms with van der Waals surface area (Å²) in [6.45, 7) is 0. The second kappa shape index (κ2) is 6.46. The summed E-state index contributed by atoms with van der Waals surface area (Å²) in [5, 5.41) is 10.1. The van der Waals surface area contributed by atoms with E-state index in [1.54, 1.807) is 0 Å². The van der Waals surface area contributed by atoms with Gasteiger partial charge in [0.2, 0.25) is 0 Å². The summed E-state index contributed by atoms with van der Waals surface area (Å²) in [6.07, 6.45) is 3.93. The molecule has 1 atom stereocenters. The fourth-order valence-corrected chi connectivity index (χ4v) is 4.61. The molecule has 1 aliphatic rings. The number of aromatic amines is 1. The third kappa shape index (κ3) is 2.72. The minimum Gasteiger partial charge on any atom is -0.308 e. The number of aryl methyl sites for hydroxylation is 2. The number of nitriles is 1. The van der Waals surface area contributed by atoms with Crippen LogP contribution in [0.25, 0.3) is 10.2 Å². The Morgan fingerprint density at radius 1 is 1.27 bits per heavy atom. The smallest absolute Gasteiger partial charge is 0.259 e. The maximum absolute atomic E-state index is 13.1. The van der Waals surface area contributed by atoms with Crippen LogP contribution in [-0.4, -0.2) is 15.8 Å². The summed E-state index contributed by atoms with van der Waals surface area (Å²) < 4.78 is 13.1. The summed E-state index contributed by atoms with van der Waals surface area (Å²) >= 11 is 1.46. The van der Waals surface area contributed by atoms with Gasteiger partial charge in [-0.05, 0) is 55.5 Å². The van der Waals surface area contributed by atoms with Crippen molar-refractivity contribution in [3.05, 3.63) is 62.3 Å². The standard InChI is InChI=1S/C19H14FN3O2S/c20-11-7-5-10(6-8-11)16(24)13(9-21)17-22-18(25)15-12-3-1-2-4-14(12)26-19(15)23-17/h5-8,13H,1-4H2,(H,22,23,25). The molecule has 0 fully saturated rings. The molecule has 1 aromatic carbocycles. The predicted molar refractivity (Wildman–Crippen MR) is 96.0 cm³/mol. The lowest BCUT2D eigenvalue weighted by molar-refractivity contribution is 0.0976. The summed E-state index contributed by atoms with van der Waals surface area (Å²) in [4.78, 5) is 34.0. The maximum Gasteiger partial charge on any atom is 0.259 e. The van der Waals surface area contributed by atoms with Gasteiger partial charge >= 0.3 is 0 Å². The van der Waals surface area contributed by atoms with Crippen LogP contribution in [0.4, 0.5) is 4.39 Å². The zero-order valence-corrected chi connectivity index (χ0v) is 14.5. The van der Waals surface area contributed by atoms with Gasteiger partial charge in [0, 0.05) is 10.4 Å². The van der Waals surface area contributed by atoms with E-state index in [1.807, 2.05) is 6.07 Å². The summed E-state index contributed by atoms with van der Waals surface area (Å²) in [5.41, 5.74) is 0.942. The number of nitrogens with one attached hydrogen (secondary N) is 1. The van der Waals surface area contributed by atoms with Gasteiger partial charge in [0.15, 0.2) is 11.7 Å². The molecule has 2 heterocycles. The number of thiophene rings is 1. The van der Waals surface area contributed by atoms with E-state index >= 15 is 0 Å². The van der Waals surface area contributed by atoms with Crippen LogP contribution < -0.4 is 5.56 Å². The molecule has 26 heavy (non-hydrogen) atoms. The molecule has 0 saturated carbocycles. The molecule has 0 spiro atoms. The second-order valence-corrected chi connectivity index (χ2v) is 7.36. The Balaban J connectivity index is 1.79. The predicted octanol–water partition coefficient (Wildman–Crippen LogP) is 3.49. The Kier molecular flexibility index (Phi) is 4.13. The van der Waals surface area contributed by atoms with E-state index in [2.05, 4.69) is 9.97 Å². The quantitative estimate of drug-likeness (QED) is 0.718. The molecule has 2 aromatic heterocycles. The van der Waals surface area contributed by atoms with E-state index < -0.39 is 17.5 Å². The number of hydrogen-bond donors (Lipinski definition) is 1.